The Bertz CT molecular complexity index is 1560. The van der Waals surface area contributed by atoms with E-state index < -0.39 is 29.2 Å². The predicted octanol–water partition coefficient (Wildman–Crippen LogP) is 4.13. The van der Waals surface area contributed by atoms with Crippen molar-refractivity contribution in [2.45, 2.75) is 18.6 Å². The van der Waals surface area contributed by atoms with Crippen molar-refractivity contribution in [3.05, 3.63) is 84.2 Å². The Morgan fingerprint density at radius 1 is 1.07 bits per heavy atom. The Kier molecular flexibility index (Phi) is 8.87. The van der Waals surface area contributed by atoms with Crippen LogP contribution in [-0.4, -0.2) is 77.1 Å². The molecule has 1 fully saturated rings. The van der Waals surface area contributed by atoms with Crippen LogP contribution in [0.15, 0.2) is 67.1 Å². The Hall–Kier alpha value is -4.56. The number of carbonyl (C=O) groups excluding carboxylic acids is 1. The Labute approximate surface area is 245 Å². The molecule has 43 heavy (non-hydrogen) atoms. The van der Waals surface area contributed by atoms with Gasteiger partial charge in [0.15, 0.2) is 11.6 Å². The molecule has 0 bridgehead atoms. The number of ether oxygens (including phenoxy) is 1. The number of amides is 1. The van der Waals surface area contributed by atoms with Gasteiger partial charge in [-0.25, -0.2) is 9.07 Å². The van der Waals surface area contributed by atoms with E-state index in [0.717, 1.165) is 12.1 Å². The number of benzene rings is 2. The number of nitrogens with zero attached hydrogens (tertiary/aromatic N) is 6. The van der Waals surface area contributed by atoms with E-state index in [4.69, 9.17) is 4.74 Å². The van der Waals surface area contributed by atoms with Gasteiger partial charge in [0.2, 0.25) is 5.91 Å². The highest BCUT2D eigenvalue weighted by atomic mass is 19.4. The Balaban J connectivity index is 1.51. The van der Waals surface area contributed by atoms with Crippen LogP contribution in [0, 0.1) is 5.82 Å². The van der Waals surface area contributed by atoms with Crippen LogP contribution in [0.5, 0.6) is 11.5 Å². The highest BCUT2D eigenvalue weighted by molar-refractivity contribution is 5.96. The molecule has 10 nitrogen and oxygen atoms in total. The van der Waals surface area contributed by atoms with E-state index in [2.05, 4.69) is 30.8 Å². The van der Waals surface area contributed by atoms with E-state index in [1.165, 1.54) is 41.3 Å². The first-order chi connectivity index (χ1) is 20.6. The molecule has 5 rings (SSSR count). The van der Waals surface area contributed by atoms with Gasteiger partial charge in [0.25, 0.3) is 0 Å². The van der Waals surface area contributed by atoms with Crippen LogP contribution in [0.4, 0.5) is 28.9 Å². The fourth-order valence-electron chi connectivity index (χ4n) is 4.99. The number of hydrogen-bond acceptors (Lipinski definition) is 8. The molecule has 226 valence electrons. The summed E-state index contributed by atoms with van der Waals surface area (Å²) < 4.78 is 66.0. The van der Waals surface area contributed by atoms with E-state index in [9.17, 15) is 22.4 Å². The van der Waals surface area contributed by atoms with E-state index in [1.54, 1.807) is 30.3 Å². The molecule has 2 aromatic carbocycles. The summed E-state index contributed by atoms with van der Waals surface area (Å²) in [6.45, 7) is 1.53. The van der Waals surface area contributed by atoms with Crippen LogP contribution in [0.2, 0.25) is 0 Å². The average Bonchev–Trinajstić information content (AvgIpc) is 3.44. The minimum atomic E-state index is -4.89. The lowest BCUT2D eigenvalue weighted by molar-refractivity contribution is -0.138. The topological polar surface area (TPSA) is 100 Å². The lowest BCUT2D eigenvalue weighted by Crippen LogP contribution is -2.55. The Morgan fingerprint density at radius 2 is 1.88 bits per heavy atom. The van der Waals surface area contributed by atoms with Crippen molar-refractivity contribution in [2.75, 3.05) is 50.5 Å². The second-order valence-corrected chi connectivity index (χ2v) is 10.1. The molecule has 0 radical (unpaired) electrons. The predicted molar refractivity (Wildman–Crippen MR) is 152 cm³/mol. The number of nitrogens with one attached hydrogen (secondary N) is 2. The zero-order valence-electron chi connectivity index (χ0n) is 23.5. The first-order valence-corrected chi connectivity index (χ1v) is 13.5. The molecule has 1 amide bonds. The molecule has 0 saturated carbocycles. The molecule has 0 unspecified atom stereocenters. The number of halogens is 4. The third-order valence-electron chi connectivity index (χ3n) is 7.11. The number of aromatic nitrogens is 4. The number of piperazine rings is 1. The molecule has 1 aliphatic rings. The van der Waals surface area contributed by atoms with Crippen LogP contribution in [0.25, 0.3) is 5.69 Å². The number of likely N-dealkylation sites (N-methyl/N-ethyl adjacent to an activating group) is 2. The highest BCUT2D eigenvalue weighted by Crippen LogP contribution is 2.48. The van der Waals surface area contributed by atoms with Gasteiger partial charge in [0.05, 0.1) is 41.6 Å². The second kappa shape index (κ2) is 12.8. The molecule has 3 heterocycles. The molecule has 2 aromatic heterocycles. The highest BCUT2D eigenvalue weighted by Gasteiger charge is 2.42. The van der Waals surface area contributed by atoms with E-state index in [-0.39, 0.29) is 42.7 Å². The number of carbonyl (C=O) groups is 1. The van der Waals surface area contributed by atoms with Crippen molar-refractivity contribution in [3.63, 3.8) is 0 Å². The molecular weight excluding hydrogens is 568 g/mol. The van der Waals surface area contributed by atoms with Gasteiger partial charge in [0.1, 0.15) is 11.3 Å². The lowest BCUT2D eigenvalue weighted by atomic mass is 10.0. The van der Waals surface area contributed by atoms with Crippen molar-refractivity contribution in [2.24, 2.45) is 0 Å². The van der Waals surface area contributed by atoms with E-state index in [1.807, 2.05) is 7.05 Å². The van der Waals surface area contributed by atoms with Crippen molar-refractivity contribution >= 4 is 17.3 Å². The van der Waals surface area contributed by atoms with Gasteiger partial charge in [-0.2, -0.15) is 28.5 Å². The standard InChI is InChI=1S/C29H30F4N8O2/c1-34-16-21-18-40(14-13-39(21)2)28-23(37-26(42)15-19-10-12-41(38-19)20-9-11-35-36-17-20)7-8-25(27(28)29(31,32)33)43-24-6-4-3-5-22(24)30/h3-12,17,21,34H,13-16,18H2,1-2H3,(H,37,42)/t21-/m0/s1. The average molecular weight is 599 g/mol. The van der Waals surface area contributed by atoms with Gasteiger partial charge in [0, 0.05) is 38.4 Å². The molecule has 1 saturated heterocycles. The van der Waals surface area contributed by atoms with Crippen molar-refractivity contribution < 1.29 is 27.1 Å². The smallest absolute Gasteiger partial charge is 0.422 e. The third kappa shape index (κ3) is 6.92. The maximum absolute atomic E-state index is 14.9. The number of anilines is 2. The summed E-state index contributed by atoms with van der Waals surface area (Å²) >= 11 is 0. The summed E-state index contributed by atoms with van der Waals surface area (Å²) in [7, 11) is 3.68. The van der Waals surface area contributed by atoms with E-state index >= 15 is 0 Å². The SMILES string of the molecule is CNC[C@H]1CN(c2c(NC(=O)Cc3ccn(-c4ccnnc4)n3)ccc(Oc3ccccc3F)c2C(F)(F)F)CCN1C. The van der Waals surface area contributed by atoms with Gasteiger partial charge in [-0.15, -0.1) is 0 Å². The van der Waals surface area contributed by atoms with Crippen molar-refractivity contribution in [1.29, 1.82) is 0 Å². The largest absolute Gasteiger partial charge is 0.454 e. The van der Waals surface area contributed by atoms with Crippen LogP contribution < -0.4 is 20.3 Å². The number of alkyl halides is 3. The zero-order chi connectivity index (χ0) is 30.6. The molecular formula is C29H30F4N8O2. The zero-order valence-corrected chi connectivity index (χ0v) is 23.5. The molecule has 4 aromatic rings. The summed E-state index contributed by atoms with van der Waals surface area (Å²) in [5.74, 6) is -2.28. The summed E-state index contributed by atoms with van der Waals surface area (Å²) in [5, 5.41) is 17.6. The number of hydrogen-bond donors (Lipinski definition) is 2. The van der Waals surface area contributed by atoms with Gasteiger partial charge in [-0.1, -0.05) is 12.1 Å². The fraction of sp³-hybridized carbons (Fsp3) is 0.310. The summed E-state index contributed by atoms with van der Waals surface area (Å²) in [6.07, 6.45) is -0.430. The first-order valence-electron chi connectivity index (χ1n) is 13.5. The molecule has 1 aliphatic heterocycles. The Morgan fingerprint density at radius 3 is 2.60 bits per heavy atom. The lowest BCUT2D eigenvalue weighted by Gasteiger charge is -2.42. The molecule has 1 atom stereocenters. The molecule has 2 N–H and O–H groups in total. The van der Waals surface area contributed by atoms with Gasteiger partial charge in [-0.3, -0.25) is 9.69 Å². The minimum Gasteiger partial charge on any atom is -0.454 e. The normalized spacial score (nSPS) is 15.9. The fourth-order valence-corrected chi connectivity index (χ4v) is 4.99. The van der Waals surface area contributed by atoms with Crippen LogP contribution in [0.3, 0.4) is 0 Å². The van der Waals surface area contributed by atoms with Gasteiger partial charge < -0.3 is 20.3 Å². The maximum Gasteiger partial charge on any atom is 0.422 e. The quantitative estimate of drug-likeness (QED) is 0.278. The molecule has 14 heteroatoms. The van der Waals surface area contributed by atoms with Gasteiger partial charge >= 0.3 is 6.18 Å². The van der Waals surface area contributed by atoms with Crippen LogP contribution >= 0.6 is 0 Å². The second-order valence-electron chi connectivity index (χ2n) is 10.1. The van der Waals surface area contributed by atoms with Crippen LogP contribution in [-0.2, 0) is 17.4 Å². The number of para-hydroxylation sites is 1. The van der Waals surface area contributed by atoms with Crippen molar-refractivity contribution in [3.8, 4) is 17.2 Å². The summed E-state index contributed by atoms with van der Waals surface area (Å²) in [5.41, 5.74) is -0.340. The number of rotatable bonds is 9. The first kappa shape index (κ1) is 29.9. The molecule has 0 spiro atoms. The van der Waals surface area contributed by atoms with Crippen LogP contribution in [0.1, 0.15) is 11.3 Å². The van der Waals surface area contributed by atoms with Gasteiger partial charge in [-0.05, 0) is 50.5 Å². The minimum absolute atomic E-state index is 0.0382. The monoisotopic (exact) mass is 598 g/mol. The van der Waals surface area contributed by atoms with Crippen molar-refractivity contribution in [1.82, 2.24) is 30.2 Å². The molecule has 0 aliphatic carbocycles. The summed E-state index contributed by atoms with van der Waals surface area (Å²) in [4.78, 5) is 16.8. The maximum atomic E-state index is 14.9. The summed E-state index contributed by atoms with van der Waals surface area (Å²) in [6, 6.07) is 10.9. The van der Waals surface area contributed by atoms with E-state index in [0.29, 0.717) is 24.5 Å². The third-order valence-corrected chi connectivity index (χ3v) is 7.11.